The van der Waals surface area contributed by atoms with Crippen LogP contribution < -0.4 is 0 Å². The third kappa shape index (κ3) is 2.96. The molecule has 1 atom stereocenters. The van der Waals surface area contributed by atoms with Gasteiger partial charge in [0.15, 0.2) is 5.78 Å². The highest BCUT2D eigenvalue weighted by Crippen LogP contribution is 2.03. The standard InChI is InChI=1S/C4H6FIO/c1-2-3(7)4(5)6/h4H,2H2,1H3. The SMILES string of the molecule is CCC(=O)C(F)I. The normalized spacial score (nSPS) is 13.6. The van der Waals surface area contributed by atoms with Crippen LogP contribution in [0.1, 0.15) is 13.3 Å². The topological polar surface area (TPSA) is 17.1 Å². The number of alkyl halides is 2. The summed E-state index contributed by atoms with van der Waals surface area (Å²) in [5.74, 6) is -0.333. The van der Waals surface area contributed by atoms with E-state index in [1.165, 1.54) is 22.6 Å². The Morgan fingerprint density at radius 3 is 2.43 bits per heavy atom. The zero-order valence-electron chi connectivity index (χ0n) is 3.95. The summed E-state index contributed by atoms with van der Waals surface area (Å²) in [5, 5.41) is 0. The maximum absolute atomic E-state index is 11.7. The van der Waals surface area contributed by atoms with Crippen LogP contribution in [0.2, 0.25) is 0 Å². The van der Waals surface area contributed by atoms with Gasteiger partial charge < -0.3 is 0 Å². The number of Topliss-reactive ketones (excluding diaryl/α,β-unsaturated/α-hetero) is 1. The summed E-state index contributed by atoms with van der Waals surface area (Å²) in [6.07, 6.45) is 0.296. The predicted molar refractivity (Wildman–Crippen MR) is 34.2 cm³/mol. The van der Waals surface area contributed by atoms with Crippen LogP contribution in [0, 0.1) is 0 Å². The molecule has 0 bridgehead atoms. The van der Waals surface area contributed by atoms with E-state index in [-0.39, 0.29) is 5.78 Å². The first-order valence-electron chi connectivity index (χ1n) is 1.99. The number of halogens is 2. The molecule has 0 aromatic carbocycles. The maximum atomic E-state index is 11.7. The van der Waals surface area contributed by atoms with Gasteiger partial charge in [-0.1, -0.05) is 6.92 Å². The molecule has 0 fully saturated rings. The van der Waals surface area contributed by atoms with E-state index in [0.29, 0.717) is 6.42 Å². The molecule has 42 valence electrons. The van der Waals surface area contributed by atoms with Crippen molar-refractivity contribution in [2.75, 3.05) is 0 Å². The number of hydrogen-bond donors (Lipinski definition) is 0. The van der Waals surface area contributed by atoms with E-state index in [1.54, 1.807) is 6.92 Å². The quantitative estimate of drug-likeness (QED) is 0.507. The minimum atomic E-state index is -1.30. The molecule has 0 amide bonds. The number of carbonyl (C=O) groups excluding carboxylic acids is 1. The largest absolute Gasteiger partial charge is 0.296 e. The van der Waals surface area contributed by atoms with Crippen LogP contribution >= 0.6 is 22.6 Å². The van der Waals surface area contributed by atoms with Crippen LogP contribution in [0.15, 0.2) is 0 Å². The molecule has 7 heavy (non-hydrogen) atoms. The van der Waals surface area contributed by atoms with Gasteiger partial charge in [0.1, 0.15) is 0 Å². The van der Waals surface area contributed by atoms with Gasteiger partial charge in [-0.3, -0.25) is 4.79 Å². The Kier molecular flexibility index (Phi) is 3.50. The molecule has 0 aromatic heterocycles. The Hall–Kier alpha value is 0.330. The summed E-state index contributed by atoms with van der Waals surface area (Å²) >= 11 is 1.45. The lowest BCUT2D eigenvalue weighted by Gasteiger charge is -1.90. The molecule has 0 aliphatic rings. The Labute approximate surface area is 55.4 Å². The van der Waals surface area contributed by atoms with Crippen LogP contribution in [0.4, 0.5) is 4.39 Å². The highest BCUT2D eigenvalue weighted by atomic mass is 127. The van der Waals surface area contributed by atoms with Gasteiger partial charge in [-0.05, 0) is 22.6 Å². The van der Waals surface area contributed by atoms with Crippen LogP contribution in [0.25, 0.3) is 0 Å². The molecule has 0 heterocycles. The summed E-state index contributed by atoms with van der Waals surface area (Å²) in [5.41, 5.74) is 0. The molecule has 3 heteroatoms. The van der Waals surface area contributed by atoms with Gasteiger partial charge in [0.25, 0.3) is 0 Å². The van der Waals surface area contributed by atoms with Crippen molar-refractivity contribution >= 4 is 28.4 Å². The molecule has 0 saturated heterocycles. The summed E-state index contributed by atoms with van der Waals surface area (Å²) in [6.45, 7) is 1.65. The lowest BCUT2D eigenvalue weighted by Crippen LogP contribution is -2.04. The summed E-state index contributed by atoms with van der Waals surface area (Å²) in [6, 6.07) is 0. The molecule has 0 radical (unpaired) electrons. The van der Waals surface area contributed by atoms with E-state index in [0.717, 1.165) is 0 Å². The first kappa shape index (κ1) is 7.33. The third-order valence-electron chi connectivity index (χ3n) is 0.592. The predicted octanol–water partition coefficient (Wildman–Crippen LogP) is 1.70. The van der Waals surface area contributed by atoms with Crippen LogP contribution in [0.5, 0.6) is 0 Å². The Bertz CT molecular complexity index is 72.1. The Morgan fingerprint density at radius 1 is 2.00 bits per heavy atom. The van der Waals surface area contributed by atoms with E-state index in [1.807, 2.05) is 0 Å². The van der Waals surface area contributed by atoms with Crippen molar-refractivity contribution < 1.29 is 9.18 Å². The van der Waals surface area contributed by atoms with Crippen LogP contribution in [0.3, 0.4) is 0 Å². The highest BCUT2D eigenvalue weighted by Gasteiger charge is 2.07. The van der Waals surface area contributed by atoms with Gasteiger partial charge in [0, 0.05) is 6.42 Å². The molecule has 0 rings (SSSR count). The smallest absolute Gasteiger partial charge is 0.208 e. The lowest BCUT2D eigenvalue weighted by atomic mass is 10.3. The first-order valence-corrected chi connectivity index (χ1v) is 3.24. The summed E-state index contributed by atoms with van der Waals surface area (Å²) in [7, 11) is 0. The van der Waals surface area contributed by atoms with Gasteiger partial charge in [0.05, 0.1) is 0 Å². The highest BCUT2D eigenvalue weighted by molar-refractivity contribution is 14.1. The van der Waals surface area contributed by atoms with Crippen molar-refractivity contribution in [3.05, 3.63) is 0 Å². The summed E-state index contributed by atoms with van der Waals surface area (Å²) < 4.78 is 10.4. The molecule has 0 aliphatic heterocycles. The van der Waals surface area contributed by atoms with Crippen molar-refractivity contribution in [1.29, 1.82) is 0 Å². The average Bonchev–Trinajstić information content (AvgIpc) is 1.65. The molecule has 0 spiro atoms. The number of carbonyl (C=O) groups is 1. The van der Waals surface area contributed by atoms with E-state index >= 15 is 0 Å². The average molecular weight is 216 g/mol. The second-order valence-electron chi connectivity index (χ2n) is 1.12. The second kappa shape index (κ2) is 3.35. The van der Waals surface area contributed by atoms with Crippen LogP contribution in [-0.4, -0.2) is 9.96 Å². The van der Waals surface area contributed by atoms with Crippen LogP contribution in [-0.2, 0) is 4.79 Å². The molecule has 0 saturated carbocycles. The van der Waals surface area contributed by atoms with Gasteiger partial charge >= 0.3 is 0 Å². The third-order valence-corrected chi connectivity index (χ3v) is 1.29. The fourth-order valence-corrected chi connectivity index (χ4v) is 0.595. The Morgan fingerprint density at radius 2 is 2.43 bits per heavy atom. The number of rotatable bonds is 2. The minimum absolute atomic E-state index is 0.296. The van der Waals surface area contributed by atoms with E-state index in [4.69, 9.17) is 0 Å². The van der Waals surface area contributed by atoms with Gasteiger partial charge in [-0.2, -0.15) is 0 Å². The molecular formula is C4H6FIO. The zero-order chi connectivity index (χ0) is 5.86. The molecular weight excluding hydrogens is 210 g/mol. The number of hydrogen-bond acceptors (Lipinski definition) is 1. The van der Waals surface area contributed by atoms with E-state index < -0.39 is 4.18 Å². The van der Waals surface area contributed by atoms with Crippen molar-refractivity contribution in [3.63, 3.8) is 0 Å². The van der Waals surface area contributed by atoms with Crippen molar-refractivity contribution in [1.82, 2.24) is 0 Å². The fourth-order valence-electron chi connectivity index (χ4n) is 0.154. The Balaban J connectivity index is 3.35. The molecule has 1 nitrogen and oxygen atoms in total. The first-order chi connectivity index (χ1) is 3.18. The number of ketones is 1. The minimum Gasteiger partial charge on any atom is -0.296 e. The van der Waals surface area contributed by atoms with E-state index in [9.17, 15) is 9.18 Å². The van der Waals surface area contributed by atoms with Crippen molar-refractivity contribution in [3.8, 4) is 0 Å². The fraction of sp³-hybridized carbons (Fsp3) is 0.750. The molecule has 1 unspecified atom stereocenters. The van der Waals surface area contributed by atoms with Gasteiger partial charge in [0.2, 0.25) is 4.18 Å². The summed E-state index contributed by atoms with van der Waals surface area (Å²) in [4.78, 5) is 10.1. The zero-order valence-corrected chi connectivity index (χ0v) is 6.11. The van der Waals surface area contributed by atoms with Crippen molar-refractivity contribution in [2.24, 2.45) is 0 Å². The van der Waals surface area contributed by atoms with Gasteiger partial charge in [-0.15, -0.1) is 0 Å². The second-order valence-corrected chi connectivity index (χ2v) is 2.21. The van der Waals surface area contributed by atoms with Gasteiger partial charge in [-0.25, -0.2) is 4.39 Å². The molecule has 0 aromatic rings. The monoisotopic (exact) mass is 216 g/mol. The lowest BCUT2D eigenvalue weighted by molar-refractivity contribution is -0.120. The molecule has 0 N–H and O–H groups in total. The van der Waals surface area contributed by atoms with E-state index in [2.05, 4.69) is 0 Å². The maximum Gasteiger partial charge on any atom is 0.208 e. The molecule has 0 aliphatic carbocycles. The van der Waals surface area contributed by atoms with Crippen molar-refractivity contribution in [2.45, 2.75) is 17.5 Å².